The molecule has 4 heterocycles. The van der Waals surface area contributed by atoms with Crippen LogP contribution in [-0.4, -0.2) is 54.0 Å². The van der Waals surface area contributed by atoms with E-state index in [0.29, 0.717) is 30.7 Å². The number of aromatic nitrogens is 1. The van der Waals surface area contributed by atoms with Crippen LogP contribution in [-0.2, 0) is 16.9 Å². The lowest BCUT2D eigenvalue weighted by Gasteiger charge is -2.40. The van der Waals surface area contributed by atoms with Gasteiger partial charge in [-0.3, -0.25) is 4.79 Å². The quantitative estimate of drug-likeness (QED) is 0.497. The van der Waals surface area contributed by atoms with Gasteiger partial charge in [0.05, 0.1) is 6.04 Å². The van der Waals surface area contributed by atoms with E-state index >= 15 is 0 Å². The summed E-state index contributed by atoms with van der Waals surface area (Å²) in [5, 5.41) is 6.72. The van der Waals surface area contributed by atoms with Crippen molar-refractivity contribution < 1.29 is 9.53 Å². The summed E-state index contributed by atoms with van der Waals surface area (Å²) in [6, 6.07) is 10.9. The first-order valence-electron chi connectivity index (χ1n) is 11.5. The monoisotopic (exact) mass is 468 g/mol. The second kappa shape index (κ2) is 8.47. The van der Waals surface area contributed by atoms with Gasteiger partial charge < -0.3 is 31.7 Å². The van der Waals surface area contributed by atoms with Crippen LogP contribution < -0.4 is 31.7 Å². The maximum atomic E-state index is 13.1. The fourth-order valence-corrected chi connectivity index (χ4v) is 6.19. The zero-order chi connectivity index (χ0) is 23.3. The molecule has 4 atom stereocenters. The lowest BCUT2D eigenvalue weighted by Crippen LogP contribution is -2.59. The second-order valence-corrected chi connectivity index (χ2v) is 10.5. The van der Waals surface area contributed by atoms with Gasteiger partial charge in [-0.1, -0.05) is 23.9 Å². The number of carbonyl (C=O) groups is 1. The summed E-state index contributed by atoms with van der Waals surface area (Å²) in [4.78, 5) is 20.1. The first-order chi connectivity index (χ1) is 15.7. The summed E-state index contributed by atoms with van der Waals surface area (Å²) in [6.07, 6.45) is 0.707. The Balaban J connectivity index is 1.26. The molecule has 3 aliphatic heterocycles. The molecular weight excluding hydrogens is 436 g/mol. The van der Waals surface area contributed by atoms with Gasteiger partial charge in [-0.05, 0) is 44.9 Å². The van der Waals surface area contributed by atoms with Crippen molar-refractivity contribution in [3.8, 4) is 5.75 Å². The normalized spacial score (nSPS) is 28.0. The molecule has 0 saturated carbocycles. The molecule has 1 aromatic carbocycles. The molecule has 1 aromatic heterocycles. The Labute approximate surface area is 198 Å². The third kappa shape index (κ3) is 4.07. The molecule has 0 aliphatic carbocycles. The standard InChI is InChI=1S/C24H32N6O2S/c1-13-4-7-19-23(28-13)33-21(24(19,25)26)22(31)29-17-10-16-5-6-18(11-20(16)32-12-17)30-9-8-27-14(2)15(30)3/h4-7,11,14-15,17,21,27H,8-10,12,25-26H2,1-3H3,(H,29,31)/t14-,15+,17-,21?/m0/s1. The number of thioether (sulfide) groups is 1. The Kier molecular flexibility index (Phi) is 5.76. The first kappa shape index (κ1) is 22.5. The van der Waals surface area contributed by atoms with E-state index < -0.39 is 10.9 Å². The molecule has 3 aliphatic rings. The summed E-state index contributed by atoms with van der Waals surface area (Å²) >= 11 is 1.33. The van der Waals surface area contributed by atoms with Gasteiger partial charge in [-0.25, -0.2) is 4.98 Å². The Morgan fingerprint density at radius 2 is 2.12 bits per heavy atom. The van der Waals surface area contributed by atoms with E-state index in [1.54, 1.807) is 0 Å². The van der Waals surface area contributed by atoms with Crippen LogP contribution in [0.25, 0.3) is 0 Å². The van der Waals surface area contributed by atoms with Gasteiger partial charge in [0.1, 0.15) is 28.3 Å². The number of ether oxygens (including phenoxy) is 1. The van der Waals surface area contributed by atoms with Crippen LogP contribution in [0.3, 0.4) is 0 Å². The minimum atomic E-state index is -1.26. The number of aryl methyl sites for hydroxylation is 1. The van der Waals surface area contributed by atoms with Gasteiger partial charge in [0.25, 0.3) is 0 Å². The summed E-state index contributed by atoms with van der Waals surface area (Å²) in [5.74, 6) is 0.712. The number of carbonyl (C=O) groups excluding carboxylic acids is 1. The minimum Gasteiger partial charge on any atom is -0.491 e. The van der Waals surface area contributed by atoms with E-state index in [0.717, 1.165) is 35.1 Å². The number of nitrogens with one attached hydrogen (secondary N) is 2. The third-order valence-electron chi connectivity index (χ3n) is 7.04. The predicted molar refractivity (Wildman–Crippen MR) is 131 cm³/mol. The van der Waals surface area contributed by atoms with Gasteiger partial charge in [0, 0.05) is 48.2 Å². The molecule has 2 aromatic rings. The van der Waals surface area contributed by atoms with Crippen molar-refractivity contribution in [1.82, 2.24) is 15.6 Å². The van der Waals surface area contributed by atoms with Crippen LogP contribution in [0.4, 0.5) is 5.69 Å². The number of nitrogens with zero attached hydrogens (tertiary/aromatic N) is 2. The summed E-state index contributed by atoms with van der Waals surface area (Å²) < 4.78 is 6.08. The molecule has 9 heteroatoms. The maximum Gasteiger partial charge on any atom is 0.237 e. The van der Waals surface area contributed by atoms with E-state index in [1.807, 2.05) is 19.1 Å². The number of hydrogen-bond donors (Lipinski definition) is 4. The highest BCUT2D eigenvalue weighted by Gasteiger charge is 2.47. The molecule has 0 spiro atoms. The van der Waals surface area contributed by atoms with E-state index in [2.05, 4.69) is 52.6 Å². The van der Waals surface area contributed by atoms with Crippen molar-refractivity contribution >= 4 is 23.4 Å². The third-order valence-corrected chi connectivity index (χ3v) is 8.41. The largest absolute Gasteiger partial charge is 0.491 e. The molecule has 176 valence electrons. The molecular formula is C24H32N6O2S. The van der Waals surface area contributed by atoms with Crippen molar-refractivity contribution in [2.45, 2.75) is 61.3 Å². The SMILES string of the molecule is Cc1ccc2c(n1)SC(C(=O)N[C@@H]1COc3cc(N4CCN[C@@H](C)[C@H]4C)ccc3C1)C2(N)N. The maximum absolute atomic E-state index is 13.1. The van der Waals surface area contributed by atoms with Crippen molar-refractivity contribution in [2.24, 2.45) is 11.5 Å². The number of rotatable bonds is 3. The molecule has 8 nitrogen and oxygen atoms in total. The molecule has 33 heavy (non-hydrogen) atoms. The summed E-state index contributed by atoms with van der Waals surface area (Å²) in [7, 11) is 0. The Hall–Kier alpha value is -2.33. The highest BCUT2D eigenvalue weighted by Crippen LogP contribution is 2.43. The topological polar surface area (TPSA) is 119 Å². The van der Waals surface area contributed by atoms with Gasteiger partial charge in [-0.15, -0.1) is 0 Å². The Bertz CT molecular complexity index is 1080. The van der Waals surface area contributed by atoms with Gasteiger partial charge in [0.2, 0.25) is 5.91 Å². The number of amides is 1. The lowest BCUT2D eigenvalue weighted by atomic mass is 9.97. The Morgan fingerprint density at radius 3 is 2.94 bits per heavy atom. The lowest BCUT2D eigenvalue weighted by molar-refractivity contribution is -0.122. The number of hydrogen-bond acceptors (Lipinski definition) is 8. The molecule has 0 bridgehead atoms. The van der Waals surface area contributed by atoms with Crippen LogP contribution in [0.1, 0.15) is 30.7 Å². The molecule has 1 unspecified atom stereocenters. The molecule has 1 saturated heterocycles. The fourth-order valence-electron chi connectivity index (χ4n) is 4.90. The van der Waals surface area contributed by atoms with E-state index in [-0.39, 0.29) is 11.9 Å². The van der Waals surface area contributed by atoms with Gasteiger partial charge >= 0.3 is 0 Å². The number of piperazine rings is 1. The first-order valence-corrected chi connectivity index (χ1v) is 12.4. The highest BCUT2D eigenvalue weighted by molar-refractivity contribution is 8.01. The van der Waals surface area contributed by atoms with Crippen LogP contribution in [0.5, 0.6) is 5.75 Å². The number of nitrogens with two attached hydrogens (primary N) is 2. The number of benzene rings is 1. The zero-order valence-electron chi connectivity index (χ0n) is 19.3. The molecule has 1 amide bonds. The van der Waals surface area contributed by atoms with Crippen LogP contribution in [0.15, 0.2) is 35.4 Å². The van der Waals surface area contributed by atoms with Crippen LogP contribution in [0.2, 0.25) is 0 Å². The average Bonchev–Trinajstić information content (AvgIpc) is 3.05. The van der Waals surface area contributed by atoms with E-state index in [4.69, 9.17) is 16.2 Å². The predicted octanol–water partition coefficient (Wildman–Crippen LogP) is 1.24. The molecule has 5 rings (SSSR count). The van der Waals surface area contributed by atoms with Gasteiger partial charge in [0.15, 0.2) is 0 Å². The van der Waals surface area contributed by atoms with Gasteiger partial charge in [-0.2, -0.15) is 0 Å². The van der Waals surface area contributed by atoms with E-state index in [9.17, 15) is 4.79 Å². The smallest absolute Gasteiger partial charge is 0.237 e. The molecule has 6 N–H and O–H groups in total. The van der Waals surface area contributed by atoms with Crippen LogP contribution in [0, 0.1) is 6.92 Å². The molecule has 0 radical (unpaired) electrons. The van der Waals surface area contributed by atoms with Crippen molar-refractivity contribution in [2.75, 3.05) is 24.6 Å². The van der Waals surface area contributed by atoms with Crippen molar-refractivity contribution in [1.29, 1.82) is 0 Å². The highest BCUT2D eigenvalue weighted by atomic mass is 32.2. The fraction of sp³-hybridized carbons (Fsp3) is 0.500. The van der Waals surface area contributed by atoms with E-state index in [1.165, 1.54) is 17.4 Å². The summed E-state index contributed by atoms with van der Waals surface area (Å²) in [5.41, 5.74) is 15.4. The van der Waals surface area contributed by atoms with Crippen molar-refractivity contribution in [3.05, 3.63) is 47.2 Å². The Morgan fingerprint density at radius 1 is 1.30 bits per heavy atom. The van der Waals surface area contributed by atoms with Crippen molar-refractivity contribution in [3.63, 3.8) is 0 Å². The number of fused-ring (bicyclic) bond motifs is 2. The zero-order valence-corrected chi connectivity index (χ0v) is 20.1. The second-order valence-electron chi connectivity index (χ2n) is 9.43. The minimum absolute atomic E-state index is 0.135. The molecule has 1 fully saturated rings. The van der Waals surface area contributed by atoms with Crippen LogP contribution >= 0.6 is 11.8 Å². The number of pyridine rings is 1. The average molecular weight is 469 g/mol. The number of anilines is 1. The summed E-state index contributed by atoms with van der Waals surface area (Å²) in [6.45, 7) is 8.73.